The quantitative estimate of drug-likeness (QED) is 0.463. The van der Waals surface area contributed by atoms with Crippen molar-refractivity contribution in [2.75, 3.05) is 0 Å². The Kier molecular flexibility index (Phi) is 1.33. The van der Waals surface area contributed by atoms with Crippen LogP contribution in [0.4, 0.5) is 0 Å². The molecule has 0 aromatic heterocycles. The van der Waals surface area contributed by atoms with Gasteiger partial charge < -0.3 is 10.3 Å². The fraction of sp³-hybridized carbons (Fsp3) is 1.00. The molecule has 3 atom stereocenters. The van der Waals surface area contributed by atoms with E-state index in [9.17, 15) is 5.21 Å². The standard InChI is InChI=1S/C7H14NO/c1-5-6(8(5)9)7(2,3)4/h5-6H,1-4H3/q-1. The molecule has 1 saturated heterocycles. The van der Waals surface area contributed by atoms with E-state index in [1.54, 1.807) is 0 Å². The van der Waals surface area contributed by atoms with Crippen LogP contribution in [-0.4, -0.2) is 17.1 Å². The topological polar surface area (TPSA) is 26.1 Å². The van der Waals surface area contributed by atoms with Crippen molar-refractivity contribution in [3.63, 3.8) is 0 Å². The van der Waals surface area contributed by atoms with Gasteiger partial charge >= 0.3 is 0 Å². The van der Waals surface area contributed by atoms with Gasteiger partial charge in [0.25, 0.3) is 0 Å². The molecule has 1 fully saturated rings. The number of nitrogens with zero attached hydrogens (tertiary/aromatic N) is 1. The van der Waals surface area contributed by atoms with E-state index in [-0.39, 0.29) is 17.5 Å². The number of rotatable bonds is 0. The van der Waals surface area contributed by atoms with E-state index < -0.39 is 0 Å². The molecule has 2 heteroatoms. The van der Waals surface area contributed by atoms with E-state index >= 15 is 0 Å². The summed E-state index contributed by atoms with van der Waals surface area (Å²) < 4.78 is 0. The third-order valence-corrected chi connectivity index (χ3v) is 1.93. The number of hydrogen-bond donors (Lipinski definition) is 0. The third-order valence-electron chi connectivity index (χ3n) is 1.93. The van der Waals surface area contributed by atoms with Crippen LogP contribution in [-0.2, 0) is 0 Å². The highest BCUT2D eigenvalue weighted by molar-refractivity contribution is 5.05. The lowest BCUT2D eigenvalue weighted by atomic mass is 9.90. The van der Waals surface area contributed by atoms with Gasteiger partial charge in [0.05, 0.1) is 0 Å². The fourth-order valence-electron chi connectivity index (χ4n) is 1.43. The number of hydrogen-bond acceptors (Lipinski definition) is 2. The summed E-state index contributed by atoms with van der Waals surface area (Å²) in [5.41, 5.74) is 0.168. The Morgan fingerprint density at radius 3 is 1.67 bits per heavy atom. The third kappa shape index (κ3) is 1.10. The van der Waals surface area contributed by atoms with Crippen LogP contribution in [0.15, 0.2) is 0 Å². The van der Waals surface area contributed by atoms with Crippen molar-refractivity contribution in [3.05, 3.63) is 5.21 Å². The normalized spacial score (nSPS) is 43.0. The van der Waals surface area contributed by atoms with E-state index in [4.69, 9.17) is 0 Å². The van der Waals surface area contributed by atoms with Crippen LogP contribution in [0.25, 0.3) is 0 Å². The van der Waals surface area contributed by atoms with Crippen LogP contribution in [0.1, 0.15) is 27.7 Å². The van der Waals surface area contributed by atoms with Crippen molar-refractivity contribution in [2.24, 2.45) is 5.41 Å². The first-order valence-electron chi connectivity index (χ1n) is 3.40. The van der Waals surface area contributed by atoms with Crippen molar-refractivity contribution in [2.45, 2.75) is 39.8 Å². The van der Waals surface area contributed by atoms with Crippen molar-refractivity contribution in [1.82, 2.24) is 5.06 Å². The molecule has 0 spiro atoms. The molecule has 0 bridgehead atoms. The maximum absolute atomic E-state index is 10.8. The summed E-state index contributed by atoms with van der Waals surface area (Å²) in [7, 11) is 0. The summed E-state index contributed by atoms with van der Waals surface area (Å²) in [6, 6.07) is 0.516. The van der Waals surface area contributed by atoms with E-state index in [0.717, 1.165) is 0 Å². The maximum atomic E-state index is 10.8. The highest BCUT2D eigenvalue weighted by Crippen LogP contribution is 2.39. The van der Waals surface area contributed by atoms with Crippen LogP contribution in [0.5, 0.6) is 0 Å². The zero-order chi connectivity index (χ0) is 7.23. The minimum Gasteiger partial charge on any atom is -0.785 e. The van der Waals surface area contributed by atoms with Gasteiger partial charge in [-0.25, -0.2) is 0 Å². The largest absolute Gasteiger partial charge is 0.785 e. The van der Waals surface area contributed by atoms with E-state index in [1.807, 2.05) is 6.92 Å². The minimum atomic E-state index is 0.168. The van der Waals surface area contributed by atoms with E-state index in [0.29, 0.717) is 0 Å². The van der Waals surface area contributed by atoms with E-state index in [2.05, 4.69) is 20.8 Å². The fourth-order valence-corrected chi connectivity index (χ4v) is 1.43. The van der Waals surface area contributed by atoms with Crippen LogP contribution < -0.4 is 0 Å². The van der Waals surface area contributed by atoms with Gasteiger partial charge in [0, 0.05) is 12.1 Å². The molecule has 1 heterocycles. The second-order valence-electron chi connectivity index (χ2n) is 3.91. The molecule has 0 aromatic carbocycles. The number of hydroxylamine groups is 2. The van der Waals surface area contributed by atoms with Gasteiger partial charge in [-0.05, 0) is 12.3 Å². The Hall–Kier alpha value is -0.0800. The van der Waals surface area contributed by atoms with Gasteiger partial charge in [-0.2, -0.15) is 0 Å². The highest BCUT2D eigenvalue weighted by Gasteiger charge is 2.43. The van der Waals surface area contributed by atoms with Gasteiger partial charge in [0.2, 0.25) is 0 Å². The summed E-state index contributed by atoms with van der Waals surface area (Å²) in [6.07, 6.45) is 0. The monoisotopic (exact) mass is 128 g/mol. The maximum Gasteiger partial charge on any atom is 0.0173 e. The Morgan fingerprint density at radius 1 is 1.33 bits per heavy atom. The van der Waals surface area contributed by atoms with Gasteiger partial charge in [-0.15, -0.1) is 0 Å². The molecular weight excluding hydrogens is 114 g/mol. The molecule has 2 nitrogen and oxygen atoms in total. The van der Waals surface area contributed by atoms with Gasteiger partial charge in [-0.1, -0.05) is 20.8 Å². The zero-order valence-electron chi connectivity index (χ0n) is 6.51. The first kappa shape index (κ1) is 7.03. The van der Waals surface area contributed by atoms with Crippen molar-refractivity contribution in [1.29, 1.82) is 0 Å². The Morgan fingerprint density at radius 2 is 1.67 bits per heavy atom. The molecule has 0 N–H and O–H groups in total. The lowest BCUT2D eigenvalue weighted by Crippen LogP contribution is -2.17. The molecule has 0 amide bonds. The summed E-state index contributed by atoms with van der Waals surface area (Å²) in [5, 5.41) is 11.9. The molecule has 0 aliphatic carbocycles. The second kappa shape index (κ2) is 1.70. The van der Waals surface area contributed by atoms with E-state index in [1.165, 1.54) is 5.06 Å². The summed E-state index contributed by atoms with van der Waals surface area (Å²) in [6.45, 7) is 8.28. The smallest absolute Gasteiger partial charge is 0.0173 e. The first-order chi connectivity index (χ1) is 3.94. The average molecular weight is 128 g/mol. The van der Waals surface area contributed by atoms with Crippen molar-refractivity contribution < 1.29 is 0 Å². The lowest BCUT2D eigenvalue weighted by molar-refractivity contribution is 0.361. The lowest BCUT2D eigenvalue weighted by Gasteiger charge is -2.19. The molecule has 1 aliphatic rings. The summed E-state index contributed by atoms with van der Waals surface area (Å²) in [5.74, 6) is 0. The van der Waals surface area contributed by atoms with Crippen LogP contribution >= 0.6 is 0 Å². The molecule has 0 aromatic rings. The van der Waals surface area contributed by atoms with Crippen LogP contribution in [0.3, 0.4) is 0 Å². The molecular formula is C7H14NO-. The molecule has 0 saturated carbocycles. The SMILES string of the molecule is CC1C(C(C)(C)C)N1[O-]. The Bertz CT molecular complexity index is 109. The first-order valence-corrected chi connectivity index (χ1v) is 3.40. The van der Waals surface area contributed by atoms with Crippen molar-refractivity contribution in [3.8, 4) is 0 Å². The average Bonchev–Trinajstić information content (AvgIpc) is 2.11. The Labute approximate surface area is 56.4 Å². The predicted molar refractivity (Wildman–Crippen MR) is 37.9 cm³/mol. The summed E-state index contributed by atoms with van der Waals surface area (Å²) >= 11 is 0. The molecule has 1 aliphatic heterocycles. The van der Waals surface area contributed by atoms with Gasteiger partial charge in [-0.3, -0.25) is 0 Å². The molecule has 1 rings (SSSR count). The second-order valence-corrected chi connectivity index (χ2v) is 3.91. The molecule has 3 unspecified atom stereocenters. The van der Waals surface area contributed by atoms with Crippen LogP contribution in [0, 0.1) is 10.6 Å². The van der Waals surface area contributed by atoms with Gasteiger partial charge in [0.15, 0.2) is 0 Å². The Balaban J connectivity index is 2.50. The summed E-state index contributed by atoms with van der Waals surface area (Å²) in [4.78, 5) is 0. The minimum absolute atomic E-state index is 0.168. The molecule has 9 heavy (non-hydrogen) atoms. The van der Waals surface area contributed by atoms with Gasteiger partial charge in [0.1, 0.15) is 0 Å². The van der Waals surface area contributed by atoms with Crippen LogP contribution in [0.2, 0.25) is 0 Å². The highest BCUT2D eigenvalue weighted by atomic mass is 16.5. The predicted octanol–water partition coefficient (Wildman–Crippen LogP) is 1.60. The van der Waals surface area contributed by atoms with Crippen molar-refractivity contribution >= 4 is 0 Å². The molecule has 54 valence electrons. The molecule has 0 radical (unpaired) electrons. The zero-order valence-corrected chi connectivity index (χ0v) is 6.51.